The summed E-state index contributed by atoms with van der Waals surface area (Å²) in [5, 5.41) is 3.28. The summed E-state index contributed by atoms with van der Waals surface area (Å²) in [6.45, 7) is 4.82. The van der Waals surface area contributed by atoms with Gasteiger partial charge in [0, 0.05) is 31.7 Å². The first-order valence-corrected chi connectivity index (χ1v) is 9.23. The quantitative estimate of drug-likeness (QED) is 0.666. The highest BCUT2D eigenvalue weighted by molar-refractivity contribution is 6.07. The first kappa shape index (κ1) is 18.4. The third-order valence-corrected chi connectivity index (χ3v) is 4.72. The van der Waals surface area contributed by atoms with Gasteiger partial charge in [0.25, 0.3) is 0 Å². The minimum Gasteiger partial charge on any atom is -0.338 e. The number of fused-ring (bicyclic) bond motifs is 1. The van der Waals surface area contributed by atoms with Crippen LogP contribution in [0.1, 0.15) is 17.4 Å². The smallest absolute Gasteiger partial charge is 0.226 e. The Bertz CT molecular complexity index is 1020. The van der Waals surface area contributed by atoms with Crippen LogP contribution < -0.4 is 16.0 Å². The van der Waals surface area contributed by atoms with Crippen LogP contribution in [0.5, 0.6) is 0 Å². The van der Waals surface area contributed by atoms with Gasteiger partial charge in [0.05, 0.1) is 17.3 Å². The molecular formula is C20H21FN6O. The molecule has 0 radical (unpaired) electrons. The first-order valence-electron chi connectivity index (χ1n) is 9.23. The molecule has 1 unspecified atom stereocenters. The van der Waals surface area contributed by atoms with Gasteiger partial charge in [-0.1, -0.05) is 0 Å². The molecule has 1 aromatic carbocycles. The predicted molar refractivity (Wildman–Crippen MR) is 106 cm³/mol. The molecule has 1 aliphatic rings. The number of hydrogen-bond acceptors (Lipinski definition) is 7. The molecule has 3 heterocycles. The fourth-order valence-corrected chi connectivity index (χ4v) is 3.18. The summed E-state index contributed by atoms with van der Waals surface area (Å²) in [6.07, 6.45) is 0. The highest BCUT2D eigenvalue weighted by atomic mass is 19.1. The molecule has 144 valence electrons. The molecule has 0 saturated carbocycles. The number of piperazine rings is 1. The molecule has 3 aromatic rings. The Morgan fingerprint density at radius 3 is 2.50 bits per heavy atom. The van der Waals surface area contributed by atoms with Gasteiger partial charge in [-0.3, -0.25) is 4.79 Å². The largest absolute Gasteiger partial charge is 0.338 e. The average Bonchev–Trinajstić information content (AvgIpc) is 2.73. The van der Waals surface area contributed by atoms with E-state index in [2.05, 4.69) is 20.3 Å². The molecule has 0 amide bonds. The number of halogens is 1. The van der Waals surface area contributed by atoms with E-state index >= 15 is 0 Å². The third kappa shape index (κ3) is 3.56. The van der Waals surface area contributed by atoms with Gasteiger partial charge in [0.2, 0.25) is 5.95 Å². The summed E-state index contributed by atoms with van der Waals surface area (Å²) in [4.78, 5) is 28.6. The fraction of sp³-hybridized carbons (Fsp3) is 0.300. The number of pyridine rings is 1. The van der Waals surface area contributed by atoms with Crippen LogP contribution in [0, 0.1) is 5.82 Å². The van der Waals surface area contributed by atoms with Crippen LogP contribution >= 0.6 is 0 Å². The molecule has 8 heteroatoms. The summed E-state index contributed by atoms with van der Waals surface area (Å²) in [5.41, 5.74) is 8.42. The highest BCUT2D eigenvalue weighted by Crippen LogP contribution is 2.24. The minimum absolute atomic E-state index is 0.220. The van der Waals surface area contributed by atoms with Gasteiger partial charge in [-0.05, 0) is 43.3 Å². The van der Waals surface area contributed by atoms with E-state index in [1.54, 1.807) is 19.1 Å². The molecule has 0 spiro atoms. The van der Waals surface area contributed by atoms with Crippen molar-refractivity contribution in [3.8, 4) is 11.3 Å². The first-order chi connectivity index (χ1) is 13.5. The van der Waals surface area contributed by atoms with E-state index in [-0.39, 0.29) is 17.3 Å². The molecule has 1 aliphatic heterocycles. The Labute approximate surface area is 161 Å². The van der Waals surface area contributed by atoms with Crippen LogP contribution in [0.25, 0.3) is 22.3 Å². The lowest BCUT2D eigenvalue weighted by molar-refractivity contribution is 0.0964. The molecule has 3 N–H and O–H groups in total. The summed E-state index contributed by atoms with van der Waals surface area (Å²) < 4.78 is 13.2. The second-order valence-corrected chi connectivity index (χ2v) is 6.83. The van der Waals surface area contributed by atoms with Crippen molar-refractivity contribution in [3.05, 3.63) is 47.9 Å². The van der Waals surface area contributed by atoms with Gasteiger partial charge in [-0.15, -0.1) is 0 Å². The SMILES string of the molecule is CC(N)C(=O)c1nc(N2CCNCC2)nc2ccc(-c3ccc(F)cc3)nc12. The van der Waals surface area contributed by atoms with Crippen LogP contribution in [0.4, 0.5) is 10.3 Å². The standard InChI is InChI=1S/C20H21FN6O/c1-12(22)19(28)18-17-16(25-20(26-18)27-10-8-23-9-11-27)7-6-15(24-17)13-2-4-14(21)5-3-13/h2-7,12,23H,8-11,22H2,1H3. The van der Waals surface area contributed by atoms with Crippen molar-refractivity contribution in [2.24, 2.45) is 5.73 Å². The lowest BCUT2D eigenvalue weighted by Crippen LogP contribution is -2.44. The molecule has 2 aromatic heterocycles. The second-order valence-electron chi connectivity index (χ2n) is 6.83. The summed E-state index contributed by atoms with van der Waals surface area (Å²) in [5.74, 6) is -0.0942. The zero-order valence-electron chi connectivity index (χ0n) is 15.5. The van der Waals surface area contributed by atoms with Gasteiger partial charge in [0.1, 0.15) is 17.0 Å². The van der Waals surface area contributed by atoms with Crippen LogP contribution in [0.15, 0.2) is 36.4 Å². The van der Waals surface area contributed by atoms with E-state index in [9.17, 15) is 9.18 Å². The van der Waals surface area contributed by atoms with E-state index in [1.807, 2.05) is 17.0 Å². The molecule has 1 fully saturated rings. The van der Waals surface area contributed by atoms with Gasteiger partial charge >= 0.3 is 0 Å². The molecule has 4 rings (SSSR count). The van der Waals surface area contributed by atoms with Gasteiger partial charge in [-0.2, -0.15) is 0 Å². The molecule has 28 heavy (non-hydrogen) atoms. The Hall–Kier alpha value is -2.97. The highest BCUT2D eigenvalue weighted by Gasteiger charge is 2.22. The van der Waals surface area contributed by atoms with E-state index < -0.39 is 6.04 Å². The lowest BCUT2D eigenvalue weighted by Gasteiger charge is -2.27. The van der Waals surface area contributed by atoms with Gasteiger partial charge in [-0.25, -0.2) is 19.3 Å². The zero-order chi connectivity index (χ0) is 19.7. The number of anilines is 1. The van der Waals surface area contributed by atoms with Crippen LogP contribution in [-0.2, 0) is 0 Å². The number of rotatable bonds is 4. The fourth-order valence-electron chi connectivity index (χ4n) is 3.18. The van der Waals surface area contributed by atoms with Crippen molar-refractivity contribution in [1.82, 2.24) is 20.3 Å². The van der Waals surface area contributed by atoms with Crippen molar-refractivity contribution in [2.45, 2.75) is 13.0 Å². The third-order valence-electron chi connectivity index (χ3n) is 4.72. The Morgan fingerprint density at radius 2 is 1.82 bits per heavy atom. The van der Waals surface area contributed by atoms with E-state index in [0.29, 0.717) is 22.7 Å². The molecular weight excluding hydrogens is 359 g/mol. The number of nitrogens with one attached hydrogen (secondary N) is 1. The van der Waals surface area contributed by atoms with Crippen LogP contribution in [-0.4, -0.2) is 53.0 Å². The normalized spacial score (nSPS) is 15.6. The monoisotopic (exact) mass is 380 g/mol. The Morgan fingerprint density at radius 1 is 1.11 bits per heavy atom. The van der Waals surface area contributed by atoms with Crippen molar-refractivity contribution in [1.29, 1.82) is 0 Å². The van der Waals surface area contributed by atoms with Gasteiger partial charge in [0.15, 0.2) is 5.78 Å². The zero-order valence-corrected chi connectivity index (χ0v) is 15.5. The summed E-state index contributed by atoms with van der Waals surface area (Å²) in [6, 6.07) is 8.96. The number of hydrogen-bond donors (Lipinski definition) is 2. The molecule has 1 saturated heterocycles. The molecule has 1 atom stereocenters. The maximum Gasteiger partial charge on any atom is 0.226 e. The van der Waals surface area contributed by atoms with E-state index in [1.165, 1.54) is 12.1 Å². The number of benzene rings is 1. The Balaban J connectivity index is 1.85. The Kier molecular flexibility index (Phi) is 4.97. The minimum atomic E-state index is -0.703. The number of ketones is 1. The predicted octanol–water partition coefficient (Wildman–Crippen LogP) is 1.77. The van der Waals surface area contributed by atoms with Crippen molar-refractivity contribution in [3.63, 3.8) is 0 Å². The summed E-state index contributed by atoms with van der Waals surface area (Å²) >= 11 is 0. The average molecular weight is 380 g/mol. The van der Waals surface area contributed by atoms with Crippen LogP contribution in [0.2, 0.25) is 0 Å². The van der Waals surface area contributed by atoms with Crippen molar-refractivity contribution < 1.29 is 9.18 Å². The number of aromatic nitrogens is 3. The van der Waals surface area contributed by atoms with Gasteiger partial charge < -0.3 is 16.0 Å². The molecule has 0 bridgehead atoms. The molecule has 7 nitrogen and oxygen atoms in total. The number of carbonyl (C=O) groups is 1. The number of nitrogens with two attached hydrogens (primary N) is 1. The summed E-state index contributed by atoms with van der Waals surface area (Å²) in [7, 11) is 0. The van der Waals surface area contributed by atoms with Crippen molar-refractivity contribution in [2.75, 3.05) is 31.1 Å². The number of carbonyl (C=O) groups excluding carboxylic acids is 1. The van der Waals surface area contributed by atoms with E-state index in [0.717, 1.165) is 31.7 Å². The second kappa shape index (κ2) is 7.57. The lowest BCUT2D eigenvalue weighted by atomic mass is 10.1. The number of Topliss-reactive ketones (excluding diaryl/α,β-unsaturated/α-hetero) is 1. The molecule has 0 aliphatic carbocycles. The number of nitrogens with zero attached hydrogens (tertiary/aromatic N) is 4. The maximum absolute atomic E-state index is 13.2. The maximum atomic E-state index is 13.2. The topological polar surface area (TPSA) is 97.0 Å². The van der Waals surface area contributed by atoms with Crippen LogP contribution in [0.3, 0.4) is 0 Å². The van der Waals surface area contributed by atoms with E-state index in [4.69, 9.17) is 5.73 Å². The van der Waals surface area contributed by atoms with Crippen molar-refractivity contribution >= 4 is 22.8 Å².